The van der Waals surface area contributed by atoms with Crippen LogP contribution in [-0.2, 0) is 11.2 Å². The van der Waals surface area contributed by atoms with Crippen molar-refractivity contribution in [2.45, 2.75) is 32.2 Å². The summed E-state index contributed by atoms with van der Waals surface area (Å²) in [5, 5.41) is 0. The fourth-order valence-electron chi connectivity index (χ4n) is 3.59. The van der Waals surface area contributed by atoms with Crippen LogP contribution in [0, 0.1) is 18.8 Å². The Morgan fingerprint density at radius 2 is 2.05 bits per heavy atom. The average Bonchev–Trinajstić information content (AvgIpc) is 2.95. The van der Waals surface area contributed by atoms with E-state index in [9.17, 15) is 4.79 Å². The molecule has 0 radical (unpaired) electrons. The van der Waals surface area contributed by atoms with Gasteiger partial charge in [0.05, 0.1) is 6.42 Å². The molecule has 1 amide bonds. The Morgan fingerprint density at radius 3 is 2.75 bits per heavy atom. The summed E-state index contributed by atoms with van der Waals surface area (Å²) in [6.07, 6.45) is 2.86. The van der Waals surface area contributed by atoms with Crippen LogP contribution in [0.25, 0.3) is 0 Å². The Balaban J connectivity index is 0.00000147. The van der Waals surface area contributed by atoms with E-state index < -0.39 is 0 Å². The van der Waals surface area contributed by atoms with Gasteiger partial charge in [-0.25, -0.2) is 0 Å². The van der Waals surface area contributed by atoms with Gasteiger partial charge in [0.1, 0.15) is 0 Å². The molecular weight excluding hydrogens is 272 g/mol. The molecule has 1 saturated carbocycles. The normalized spacial score (nSPS) is 28.1. The maximum absolute atomic E-state index is 12.4. The average molecular weight is 295 g/mol. The van der Waals surface area contributed by atoms with Crippen molar-refractivity contribution in [1.82, 2.24) is 4.90 Å². The van der Waals surface area contributed by atoms with Crippen molar-refractivity contribution >= 4 is 18.3 Å². The molecule has 0 spiro atoms. The third-order valence-corrected chi connectivity index (χ3v) is 4.87. The standard InChI is InChI=1S/C16H22N2O.ClH/c1-11-4-2-3-5-12(11)8-16(19)18-9-13-6-7-15(17)14(13)10-18;/h2-5,13-15H,6-10,17H2,1H3;1H. The quantitative estimate of drug-likeness (QED) is 0.908. The minimum Gasteiger partial charge on any atom is -0.342 e. The van der Waals surface area contributed by atoms with Crippen LogP contribution in [0.5, 0.6) is 0 Å². The third-order valence-electron chi connectivity index (χ3n) is 4.87. The van der Waals surface area contributed by atoms with Gasteiger partial charge >= 0.3 is 0 Å². The number of carbonyl (C=O) groups is 1. The van der Waals surface area contributed by atoms with Gasteiger partial charge in [0.15, 0.2) is 0 Å². The summed E-state index contributed by atoms with van der Waals surface area (Å²) in [7, 11) is 0. The van der Waals surface area contributed by atoms with Gasteiger partial charge in [-0.1, -0.05) is 24.3 Å². The minimum absolute atomic E-state index is 0. The van der Waals surface area contributed by atoms with Gasteiger partial charge in [0.25, 0.3) is 0 Å². The van der Waals surface area contributed by atoms with Crippen molar-refractivity contribution in [3.05, 3.63) is 35.4 Å². The van der Waals surface area contributed by atoms with Crippen molar-refractivity contribution in [1.29, 1.82) is 0 Å². The highest BCUT2D eigenvalue weighted by molar-refractivity contribution is 5.85. The fraction of sp³-hybridized carbons (Fsp3) is 0.562. The summed E-state index contributed by atoms with van der Waals surface area (Å²) in [5.41, 5.74) is 8.47. The van der Waals surface area contributed by atoms with E-state index in [0.29, 0.717) is 24.3 Å². The molecule has 0 bridgehead atoms. The van der Waals surface area contributed by atoms with Gasteiger partial charge in [0.2, 0.25) is 5.91 Å². The molecule has 110 valence electrons. The number of carbonyl (C=O) groups excluding carboxylic acids is 1. The largest absolute Gasteiger partial charge is 0.342 e. The molecule has 3 unspecified atom stereocenters. The Morgan fingerprint density at radius 1 is 1.30 bits per heavy atom. The summed E-state index contributed by atoms with van der Waals surface area (Å²) in [6, 6.07) is 8.45. The Bertz CT molecular complexity index is 491. The van der Waals surface area contributed by atoms with Crippen molar-refractivity contribution in [2.75, 3.05) is 13.1 Å². The lowest BCUT2D eigenvalue weighted by molar-refractivity contribution is -0.129. The molecule has 2 fully saturated rings. The molecular formula is C16H23ClN2O. The van der Waals surface area contributed by atoms with Gasteiger partial charge < -0.3 is 10.6 Å². The number of hydrogen-bond donors (Lipinski definition) is 1. The lowest BCUT2D eigenvalue weighted by Crippen LogP contribution is -2.34. The second kappa shape index (κ2) is 6.15. The van der Waals surface area contributed by atoms with Crippen LogP contribution in [0.4, 0.5) is 0 Å². The highest BCUT2D eigenvalue weighted by Gasteiger charge is 2.42. The highest BCUT2D eigenvalue weighted by Crippen LogP contribution is 2.37. The van der Waals surface area contributed by atoms with Crippen molar-refractivity contribution < 1.29 is 4.79 Å². The molecule has 2 N–H and O–H groups in total. The SMILES string of the molecule is Cc1ccccc1CC(=O)N1CC2CCC(N)C2C1.Cl. The van der Waals surface area contributed by atoms with Crippen LogP contribution in [-0.4, -0.2) is 29.9 Å². The Labute approximate surface area is 126 Å². The van der Waals surface area contributed by atoms with Crippen LogP contribution in [0.15, 0.2) is 24.3 Å². The second-order valence-electron chi connectivity index (χ2n) is 6.07. The number of amides is 1. The third kappa shape index (κ3) is 2.84. The Kier molecular flexibility index (Phi) is 4.71. The second-order valence-corrected chi connectivity index (χ2v) is 6.07. The first-order valence-corrected chi connectivity index (χ1v) is 7.23. The van der Waals surface area contributed by atoms with E-state index in [1.54, 1.807) is 0 Å². The molecule has 1 aromatic rings. The topological polar surface area (TPSA) is 46.3 Å². The molecule has 4 heteroatoms. The number of likely N-dealkylation sites (tertiary alicyclic amines) is 1. The number of rotatable bonds is 2. The number of nitrogens with zero attached hydrogens (tertiary/aromatic N) is 1. The van der Waals surface area contributed by atoms with Crippen LogP contribution < -0.4 is 5.73 Å². The number of benzene rings is 1. The van der Waals surface area contributed by atoms with Gasteiger partial charge in [-0.2, -0.15) is 0 Å². The van der Waals surface area contributed by atoms with E-state index in [2.05, 4.69) is 19.1 Å². The molecule has 2 aliphatic rings. The number of halogens is 1. The number of fused-ring (bicyclic) bond motifs is 1. The predicted molar refractivity (Wildman–Crippen MR) is 82.9 cm³/mol. The van der Waals surface area contributed by atoms with E-state index in [4.69, 9.17) is 5.73 Å². The van der Waals surface area contributed by atoms with Gasteiger partial charge in [-0.3, -0.25) is 4.79 Å². The summed E-state index contributed by atoms with van der Waals surface area (Å²) in [6.45, 7) is 3.86. The summed E-state index contributed by atoms with van der Waals surface area (Å²) in [5.74, 6) is 1.45. The molecule has 1 saturated heterocycles. The molecule has 1 heterocycles. The van der Waals surface area contributed by atoms with E-state index in [1.807, 2.05) is 17.0 Å². The van der Waals surface area contributed by atoms with Crippen LogP contribution in [0.3, 0.4) is 0 Å². The highest BCUT2D eigenvalue weighted by atomic mass is 35.5. The van der Waals surface area contributed by atoms with Gasteiger partial charge in [-0.05, 0) is 42.7 Å². The maximum Gasteiger partial charge on any atom is 0.227 e. The predicted octanol–water partition coefficient (Wildman–Crippen LogP) is 2.16. The summed E-state index contributed by atoms with van der Waals surface area (Å²) >= 11 is 0. The molecule has 1 aromatic carbocycles. The first-order valence-electron chi connectivity index (χ1n) is 7.23. The lowest BCUT2D eigenvalue weighted by atomic mass is 9.98. The smallest absolute Gasteiger partial charge is 0.227 e. The molecule has 20 heavy (non-hydrogen) atoms. The van der Waals surface area contributed by atoms with E-state index in [0.717, 1.165) is 25.1 Å². The van der Waals surface area contributed by atoms with E-state index in [1.165, 1.54) is 12.0 Å². The first kappa shape index (κ1) is 15.3. The first-order chi connectivity index (χ1) is 9.15. The maximum atomic E-state index is 12.4. The van der Waals surface area contributed by atoms with Crippen LogP contribution in [0.1, 0.15) is 24.0 Å². The van der Waals surface area contributed by atoms with E-state index in [-0.39, 0.29) is 18.3 Å². The zero-order chi connectivity index (χ0) is 13.4. The Hall–Kier alpha value is -1.06. The number of hydrogen-bond acceptors (Lipinski definition) is 2. The molecule has 3 rings (SSSR count). The minimum atomic E-state index is 0. The summed E-state index contributed by atoms with van der Waals surface area (Å²) in [4.78, 5) is 14.4. The molecule has 1 aliphatic carbocycles. The number of aryl methyl sites for hydroxylation is 1. The van der Waals surface area contributed by atoms with Crippen LogP contribution in [0.2, 0.25) is 0 Å². The van der Waals surface area contributed by atoms with Gasteiger partial charge in [0, 0.05) is 19.1 Å². The summed E-state index contributed by atoms with van der Waals surface area (Å²) < 4.78 is 0. The molecule has 1 aliphatic heterocycles. The molecule has 3 nitrogen and oxygen atoms in total. The van der Waals surface area contributed by atoms with Crippen molar-refractivity contribution in [2.24, 2.45) is 17.6 Å². The van der Waals surface area contributed by atoms with Crippen molar-refractivity contribution in [3.8, 4) is 0 Å². The zero-order valence-corrected chi connectivity index (χ0v) is 12.7. The van der Waals surface area contributed by atoms with Gasteiger partial charge in [-0.15, -0.1) is 12.4 Å². The van der Waals surface area contributed by atoms with Crippen LogP contribution >= 0.6 is 12.4 Å². The monoisotopic (exact) mass is 294 g/mol. The fourth-order valence-corrected chi connectivity index (χ4v) is 3.59. The van der Waals surface area contributed by atoms with E-state index >= 15 is 0 Å². The molecule has 0 aromatic heterocycles. The molecule has 3 atom stereocenters. The van der Waals surface area contributed by atoms with Crippen molar-refractivity contribution in [3.63, 3.8) is 0 Å². The zero-order valence-electron chi connectivity index (χ0n) is 11.9. The number of nitrogens with two attached hydrogens (primary N) is 1. The lowest BCUT2D eigenvalue weighted by Gasteiger charge is -2.19.